The largest absolute Gasteiger partial charge is 0.376 e. The van der Waals surface area contributed by atoms with Crippen LogP contribution < -0.4 is 10.9 Å². The smallest absolute Gasteiger partial charge is 0.278 e. The van der Waals surface area contributed by atoms with Gasteiger partial charge < -0.3 is 10.1 Å². The summed E-state index contributed by atoms with van der Waals surface area (Å²) in [6.45, 7) is 3.14. The maximum absolute atomic E-state index is 13.7. The van der Waals surface area contributed by atoms with Gasteiger partial charge in [-0.05, 0) is 67.9 Å². The fourth-order valence-electron chi connectivity index (χ4n) is 4.09. The van der Waals surface area contributed by atoms with Crippen molar-refractivity contribution in [3.8, 4) is 11.4 Å². The van der Waals surface area contributed by atoms with Crippen LogP contribution >= 0.6 is 35.3 Å². The SMILES string of the molecule is Cc1ccccc1-n1c(=S)sc2c(=O)n(-c3ccc(F)cc3)c(SCC(=O)NC[C@@H]3CCCO3)nc21. The fourth-order valence-corrected chi connectivity index (χ4v) is 6.21. The lowest BCUT2D eigenvalue weighted by molar-refractivity contribution is -0.119. The van der Waals surface area contributed by atoms with Crippen molar-refractivity contribution in [3.63, 3.8) is 0 Å². The molecule has 5 rings (SSSR count). The Hall–Kier alpha value is -2.86. The van der Waals surface area contributed by atoms with Crippen LogP contribution in [0.5, 0.6) is 0 Å². The quantitative estimate of drug-likeness (QED) is 0.205. The molecule has 11 heteroatoms. The van der Waals surface area contributed by atoms with Gasteiger partial charge in [-0.15, -0.1) is 0 Å². The predicted octanol–water partition coefficient (Wildman–Crippen LogP) is 4.80. The van der Waals surface area contributed by atoms with Crippen LogP contribution in [0.3, 0.4) is 0 Å². The highest BCUT2D eigenvalue weighted by Crippen LogP contribution is 2.28. The van der Waals surface area contributed by atoms with Crippen LogP contribution in [-0.2, 0) is 9.53 Å². The lowest BCUT2D eigenvalue weighted by atomic mass is 10.2. The number of rotatable bonds is 7. The number of carbonyl (C=O) groups excluding carboxylic acids is 1. The highest BCUT2D eigenvalue weighted by Gasteiger charge is 2.21. The van der Waals surface area contributed by atoms with E-state index < -0.39 is 5.82 Å². The Kier molecular flexibility index (Phi) is 7.33. The van der Waals surface area contributed by atoms with Crippen LogP contribution in [0.2, 0.25) is 0 Å². The van der Waals surface area contributed by atoms with Gasteiger partial charge >= 0.3 is 0 Å². The van der Waals surface area contributed by atoms with Gasteiger partial charge in [-0.1, -0.05) is 41.3 Å². The number of ether oxygens (including phenoxy) is 1. The molecule has 3 heterocycles. The number of para-hydroxylation sites is 1. The highest BCUT2D eigenvalue weighted by molar-refractivity contribution is 7.99. The van der Waals surface area contributed by atoms with E-state index in [-0.39, 0.29) is 23.3 Å². The Labute approximate surface area is 219 Å². The summed E-state index contributed by atoms with van der Waals surface area (Å²) in [5.41, 5.74) is 2.40. The van der Waals surface area contributed by atoms with E-state index in [0.717, 1.165) is 42.5 Å². The van der Waals surface area contributed by atoms with Crippen molar-refractivity contribution in [1.29, 1.82) is 0 Å². The molecule has 0 spiro atoms. The van der Waals surface area contributed by atoms with Crippen LogP contribution in [0.25, 0.3) is 21.7 Å². The molecule has 1 saturated heterocycles. The van der Waals surface area contributed by atoms with Gasteiger partial charge in [0.1, 0.15) is 10.5 Å². The van der Waals surface area contributed by atoms with E-state index >= 15 is 0 Å². The predicted molar refractivity (Wildman–Crippen MR) is 143 cm³/mol. The summed E-state index contributed by atoms with van der Waals surface area (Å²) in [4.78, 5) is 31.1. The van der Waals surface area contributed by atoms with E-state index in [1.54, 1.807) is 4.57 Å². The maximum atomic E-state index is 13.7. The van der Waals surface area contributed by atoms with Gasteiger partial charge in [0.2, 0.25) is 5.91 Å². The van der Waals surface area contributed by atoms with E-state index in [2.05, 4.69) is 5.32 Å². The van der Waals surface area contributed by atoms with Gasteiger partial charge in [-0.2, -0.15) is 0 Å². The van der Waals surface area contributed by atoms with Crippen molar-refractivity contribution in [2.24, 2.45) is 0 Å². The summed E-state index contributed by atoms with van der Waals surface area (Å²) in [5, 5.41) is 3.21. The number of aryl methyl sites for hydroxylation is 1. The Morgan fingerprint density at radius 3 is 2.75 bits per heavy atom. The molecule has 2 aromatic heterocycles. The van der Waals surface area contributed by atoms with Crippen molar-refractivity contribution in [2.45, 2.75) is 31.0 Å². The van der Waals surface area contributed by atoms with Gasteiger partial charge in [-0.3, -0.25) is 18.7 Å². The van der Waals surface area contributed by atoms with Crippen molar-refractivity contribution in [1.82, 2.24) is 19.4 Å². The molecule has 1 N–H and O–H groups in total. The number of hydrogen-bond donors (Lipinski definition) is 1. The molecule has 7 nitrogen and oxygen atoms in total. The Morgan fingerprint density at radius 2 is 2.03 bits per heavy atom. The molecule has 1 amide bonds. The van der Waals surface area contributed by atoms with Gasteiger partial charge in [0.05, 0.1) is 23.2 Å². The number of fused-ring (bicyclic) bond motifs is 1. The third kappa shape index (κ3) is 5.01. The number of amides is 1. The normalized spacial score (nSPS) is 15.4. The first-order chi connectivity index (χ1) is 17.4. The summed E-state index contributed by atoms with van der Waals surface area (Å²) >= 11 is 7.96. The topological polar surface area (TPSA) is 78.2 Å². The minimum Gasteiger partial charge on any atom is -0.376 e. The molecule has 0 bridgehead atoms. The second-order valence-corrected chi connectivity index (χ2v) is 11.0. The van der Waals surface area contributed by atoms with E-state index in [0.29, 0.717) is 31.7 Å². The number of thioether (sulfide) groups is 1. The van der Waals surface area contributed by atoms with Crippen molar-refractivity contribution < 1.29 is 13.9 Å². The summed E-state index contributed by atoms with van der Waals surface area (Å²) in [5.74, 6) is -0.539. The molecule has 1 fully saturated rings. The number of thiazole rings is 1. The van der Waals surface area contributed by atoms with Gasteiger partial charge in [0.25, 0.3) is 5.56 Å². The second-order valence-electron chi connectivity index (χ2n) is 8.38. The van der Waals surface area contributed by atoms with Crippen molar-refractivity contribution in [2.75, 3.05) is 18.9 Å². The van der Waals surface area contributed by atoms with Crippen molar-refractivity contribution >= 4 is 51.6 Å². The van der Waals surface area contributed by atoms with Gasteiger partial charge in [0.15, 0.2) is 14.8 Å². The molecule has 1 aliphatic rings. The molecule has 0 aliphatic carbocycles. The molecule has 0 radical (unpaired) electrons. The zero-order valence-corrected chi connectivity index (χ0v) is 21.9. The zero-order chi connectivity index (χ0) is 25.2. The van der Waals surface area contributed by atoms with Crippen molar-refractivity contribution in [3.05, 3.63) is 74.2 Å². The van der Waals surface area contributed by atoms with Crippen LogP contribution in [0.15, 0.2) is 58.5 Å². The van der Waals surface area contributed by atoms with E-state index in [1.807, 2.05) is 31.2 Å². The van der Waals surface area contributed by atoms with Crippen LogP contribution in [0.4, 0.5) is 4.39 Å². The molecule has 0 saturated carbocycles. The first kappa shape index (κ1) is 24.8. The number of carbonyl (C=O) groups is 1. The molecule has 2 aromatic carbocycles. The number of hydrogen-bond acceptors (Lipinski definition) is 7. The standard InChI is InChI=1S/C25H23FN4O3S3/c1-15-5-2-3-7-19(15)30-22-21(36-25(30)34)23(32)29(17-10-8-16(26)9-11-17)24(28-22)35-14-20(31)27-13-18-6-4-12-33-18/h2-3,5,7-11,18H,4,6,12-14H2,1H3,(H,27,31)/t18-/m0/s1. The maximum Gasteiger partial charge on any atom is 0.278 e. The van der Waals surface area contributed by atoms with E-state index in [4.69, 9.17) is 21.9 Å². The molecule has 0 unspecified atom stereocenters. The van der Waals surface area contributed by atoms with Crippen LogP contribution in [0.1, 0.15) is 18.4 Å². The minimum absolute atomic E-state index is 0.0372. The third-order valence-corrected chi connectivity index (χ3v) is 8.19. The zero-order valence-electron chi connectivity index (χ0n) is 19.4. The average molecular weight is 543 g/mol. The summed E-state index contributed by atoms with van der Waals surface area (Å²) < 4.78 is 23.3. The molecule has 1 atom stereocenters. The Morgan fingerprint density at radius 1 is 1.25 bits per heavy atom. The summed E-state index contributed by atoms with van der Waals surface area (Å²) in [6.07, 6.45) is 1.96. The first-order valence-corrected chi connectivity index (χ1v) is 13.6. The summed E-state index contributed by atoms with van der Waals surface area (Å²) in [6, 6.07) is 13.3. The molecule has 186 valence electrons. The number of halogens is 1. The first-order valence-electron chi connectivity index (χ1n) is 11.4. The third-order valence-electron chi connectivity index (χ3n) is 5.90. The lowest BCUT2D eigenvalue weighted by Gasteiger charge is -2.14. The number of benzene rings is 2. The summed E-state index contributed by atoms with van der Waals surface area (Å²) in [7, 11) is 0. The molecular weight excluding hydrogens is 519 g/mol. The molecular formula is C25H23FN4O3S3. The molecule has 1 aliphatic heterocycles. The lowest BCUT2D eigenvalue weighted by Crippen LogP contribution is -2.33. The average Bonchev–Trinajstić information content (AvgIpc) is 3.50. The second kappa shape index (κ2) is 10.6. The van der Waals surface area contributed by atoms with Gasteiger partial charge in [0, 0.05) is 13.2 Å². The number of nitrogens with zero attached hydrogens (tertiary/aromatic N) is 3. The highest BCUT2D eigenvalue weighted by atomic mass is 32.2. The fraction of sp³-hybridized carbons (Fsp3) is 0.280. The Balaban J connectivity index is 1.56. The van der Waals surface area contributed by atoms with Gasteiger partial charge in [-0.25, -0.2) is 9.37 Å². The molecule has 36 heavy (non-hydrogen) atoms. The molecule has 4 aromatic rings. The van der Waals surface area contributed by atoms with E-state index in [9.17, 15) is 14.0 Å². The number of aromatic nitrogens is 3. The van der Waals surface area contributed by atoms with Crippen LogP contribution in [-0.4, -0.2) is 45.0 Å². The number of nitrogens with one attached hydrogen (secondary N) is 1. The monoisotopic (exact) mass is 542 g/mol. The Bertz CT molecular complexity index is 1540. The minimum atomic E-state index is -0.412. The van der Waals surface area contributed by atoms with Crippen LogP contribution in [0, 0.1) is 16.7 Å². The van der Waals surface area contributed by atoms with E-state index in [1.165, 1.54) is 40.2 Å².